The number of hydrogen-bond acceptors (Lipinski definition) is 5. The molecule has 2 unspecified atom stereocenters. The predicted molar refractivity (Wildman–Crippen MR) is 80.5 cm³/mol. The van der Waals surface area contributed by atoms with Gasteiger partial charge in [0.15, 0.2) is 0 Å². The van der Waals surface area contributed by atoms with E-state index in [9.17, 15) is 8.42 Å². The fraction of sp³-hybridized carbons (Fsp3) is 0.692. The first-order valence-electron chi connectivity index (χ1n) is 6.78. The molecule has 2 N–H and O–H groups in total. The lowest BCUT2D eigenvalue weighted by atomic mass is 10.0. The van der Waals surface area contributed by atoms with Crippen LogP contribution in [-0.4, -0.2) is 34.7 Å². The summed E-state index contributed by atoms with van der Waals surface area (Å²) in [5.41, 5.74) is 1.02. The molecule has 2 rings (SSSR count). The Morgan fingerprint density at radius 2 is 2.30 bits per heavy atom. The number of thiophene rings is 1. The summed E-state index contributed by atoms with van der Waals surface area (Å²) >= 11 is 1.33. The van der Waals surface area contributed by atoms with Crippen LogP contribution in [0.4, 0.5) is 0 Å². The minimum Gasteiger partial charge on any atom is -0.381 e. The Kier molecular flexibility index (Phi) is 5.19. The lowest BCUT2D eigenvalue weighted by molar-refractivity contribution is 0.180. The Morgan fingerprint density at radius 3 is 2.90 bits per heavy atom. The van der Waals surface area contributed by atoms with Crippen LogP contribution in [0.5, 0.6) is 0 Å². The van der Waals surface area contributed by atoms with Gasteiger partial charge in [0, 0.05) is 30.0 Å². The van der Waals surface area contributed by atoms with Crippen molar-refractivity contribution in [1.29, 1.82) is 0 Å². The average molecular weight is 318 g/mol. The van der Waals surface area contributed by atoms with E-state index in [1.165, 1.54) is 11.3 Å². The van der Waals surface area contributed by atoms with Gasteiger partial charge < -0.3 is 10.1 Å². The standard InChI is InChI=1S/C13H22N2O3S2/c1-9-6-13(19-12(9)7-14-3)20(16,17)15-10(2)11-4-5-18-8-11/h6,10-11,14-15H,4-5,7-8H2,1-3H3. The molecule has 1 fully saturated rings. The van der Waals surface area contributed by atoms with Gasteiger partial charge in [0.05, 0.1) is 6.61 Å². The molecule has 0 aromatic carbocycles. The van der Waals surface area contributed by atoms with E-state index in [1.807, 2.05) is 20.9 Å². The van der Waals surface area contributed by atoms with Crippen LogP contribution in [0.1, 0.15) is 23.8 Å². The van der Waals surface area contributed by atoms with Gasteiger partial charge in [0.2, 0.25) is 10.0 Å². The van der Waals surface area contributed by atoms with Crippen LogP contribution in [0.15, 0.2) is 10.3 Å². The second-order valence-electron chi connectivity index (χ2n) is 5.24. The zero-order valence-corrected chi connectivity index (χ0v) is 13.7. The first-order chi connectivity index (χ1) is 9.44. The van der Waals surface area contributed by atoms with Gasteiger partial charge in [-0.15, -0.1) is 11.3 Å². The van der Waals surface area contributed by atoms with E-state index in [0.717, 1.165) is 23.5 Å². The van der Waals surface area contributed by atoms with E-state index in [-0.39, 0.29) is 12.0 Å². The van der Waals surface area contributed by atoms with Crippen molar-refractivity contribution in [1.82, 2.24) is 10.0 Å². The van der Waals surface area contributed by atoms with Crippen molar-refractivity contribution in [3.8, 4) is 0 Å². The second kappa shape index (κ2) is 6.53. The topological polar surface area (TPSA) is 67.4 Å². The van der Waals surface area contributed by atoms with E-state index in [1.54, 1.807) is 6.07 Å². The van der Waals surface area contributed by atoms with E-state index in [0.29, 0.717) is 17.4 Å². The number of hydrogen-bond donors (Lipinski definition) is 2. The highest BCUT2D eigenvalue weighted by Crippen LogP contribution is 2.27. The van der Waals surface area contributed by atoms with Gasteiger partial charge in [0.1, 0.15) is 4.21 Å². The van der Waals surface area contributed by atoms with E-state index >= 15 is 0 Å². The van der Waals surface area contributed by atoms with Gasteiger partial charge in [-0.3, -0.25) is 0 Å². The van der Waals surface area contributed by atoms with Gasteiger partial charge in [-0.2, -0.15) is 0 Å². The molecular weight excluding hydrogens is 296 g/mol. The average Bonchev–Trinajstić information content (AvgIpc) is 3.00. The third-order valence-electron chi connectivity index (χ3n) is 3.61. The summed E-state index contributed by atoms with van der Waals surface area (Å²) in [6.45, 7) is 5.90. The fourth-order valence-corrected chi connectivity index (χ4v) is 5.23. The molecule has 2 atom stereocenters. The molecule has 0 saturated carbocycles. The Morgan fingerprint density at radius 1 is 1.55 bits per heavy atom. The van der Waals surface area contributed by atoms with Crippen molar-refractivity contribution in [2.45, 2.75) is 37.1 Å². The summed E-state index contributed by atoms with van der Waals surface area (Å²) in [4.78, 5) is 1.06. The molecule has 0 aliphatic carbocycles. The van der Waals surface area contributed by atoms with E-state index < -0.39 is 10.0 Å². The molecule has 0 spiro atoms. The van der Waals surface area contributed by atoms with Crippen LogP contribution in [-0.2, 0) is 21.3 Å². The summed E-state index contributed by atoms with van der Waals surface area (Å²) in [6, 6.07) is 1.65. The molecule has 0 bridgehead atoms. The van der Waals surface area contributed by atoms with Crippen LogP contribution >= 0.6 is 11.3 Å². The monoisotopic (exact) mass is 318 g/mol. The van der Waals surface area contributed by atoms with Crippen LogP contribution in [0, 0.1) is 12.8 Å². The van der Waals surface area contributed by atoms with Gasteiger partial charge >= 0.3 is 0 Å². The number of nitrogens with one attached hydrogen (secondary N) is 2. The number of ether oxygens (including phenoxy) is 1. The molecule has 114 valence electrons. The summed E-state index contributed by atoms with van der Waals surface area (Å²) in [7, 11) is -1.58. The Labute approximate surface area is 124 Å². The van der Waals surface area contributed by atoms with E-state index in [2.05, 4.69) is 10.0 Å². The SMILES string of the molecule is CNCc1sc(S(=O)(=O)NC(C)C2CCOC2)cc1C. The zero-order valence-electron chi connectivity index (χ0n) is 12.1. The van der Waals surface area contributed by atoms with Crippen LogP contribution in [0.25, 0.3) is 0 Å². The summed E-state index contributed by atoms with van der Waals surface area (Å²) < 4.78 is 33.3. The van der Waals surface area contributed by atoms with Gasteiger partial charge in [-0.25, -0.2) is 13.1 Å². The second-order valence-corrected chi connectivity index (χ2v) is 8.31. The molecule has 1 aromatic heterocycles. The Bertz CT molecular complexity index is 548. The fourth-order valence-electron chi connectivity index (χ4n) is 2.30. The van der Waals surface area contributed by atoms with Crippen molar-refractivity contribution in [3.63, 3.8) is 0 Å². The van der Waals surface area contributed by atoms with Gasteiger partial charge in [-0.1, -0.05) is 0 Å². The maximum atomic E-state index is 12.4. The molecule has 0 amide bonds. The molecular formula is C13H22N2O3S2. The largest absolute Gasteiger partial charge is 0.381 e. The number of sulfonamides is 1. The third kappa shape index (κ3) is 3.59. The molecule has 7 heteroatoms. The maximum absolute atomic E-state index is 12.4. The molecule has 1 aliphatic rings. The molecule has 1 aliphatic heterocycles. The van der Waals surface area contributed by atoms with Gasteiger partial charge in [0.25, 0.3) is 0 Å². The number of rotatable bonds is 6. The summed E-state index contributed by atoms with van der Waals surface area (Å²) in [5.74, 6) is 0.266. The highest BCUT2D eigenvalue weighted by Gasteiger charge is 2.27. The minimum absolute atomic E-state index is 0.0994. The Hall–Kier alpha value is -0.470. The van der Waals surface area contributed by atoms with Crippen molar-refractivity contribution < 1.29 is 13.2 Å². The highest BCUT2D eigenvalue weighted by molar-refractivity contribution is 7.91. The van der Waals surface area contributed by atoms with Crippen molar-refractivity contribution in [2.24, 2.45) is 5.92 Å². The molecule has 1 saturated heterocycles. The lowest BCUT2D eigenvalue weighted by Gasteiger charge is -2.18. The Balaban J connectivity index is 2.11. The molecule has 2 heterocycles. The first kappa shape index (κ1) is 15.9. The summed E-state index contributed by atoms with van der Waals surface area (Å²) in [5, 5.41) is 3.05. The molecule has 1 aromatic rings. The van der Waals surface area contributed by atoms with E-state index in [4.69, 9.17) is 4.74 Å². The molecule has 5 nitrogen and oxygen atoms in total. The zero-order chi connectivity index (χ0) is 14.8. The maximum Gasteiger partial charge on any atom is 0.250 e. The van der Waals surface area contributed by atoms with Crippen molar-refractivity contribution >= 4 is 21.4 Å². The van der Waals surface area contributed by atoms with Crippen LogP contribution in [0.2, 0.25) is 0 Å². The predicted octanol–water partition coefficient (Wildman–Crippen LogP) is 1.48. The van der Waals surface area contributed by atoms with Crippen molar-refractivity contribution in [3.05, 3.63) is 16.5 Å². The summed E-state index contributed by atoms with van der Waals surface area (Å²) in [6.07, 6.45) is 0.915. The van der Waals surface area contributed by atoms with Gasteiger partial charge in [-0.05, 0) is 38.9 Å². The highest BCUT2D eigenvalue weighted by atomic mass is 32.2. The minimum atomic E-state index is -3.43. The number of aryl methyl sites for hydroxylation is 1. The third-order valence-corrected chi connectivity index (χ3v) is 6.88. The van der Waals surface area contributed by atoms with Crippen LogP contribution in [0.3, 0.4) is 0 Å². The quantitative estimate of drug-likeness (QED) is 0.834. The molecule has 0 radical (unpaired) electrons. The van der Waals surface area contributed by atoms with Crippen LogP contribution < -0.4 is 10.0 Å². The lowest BCUT2D eigenvalue weighted by Crippen LogP contribution is -2.38. The molecule has 20 heavy (non-hydrogen) atoms. The van der Waals surface area contributed by atoms with Crippen molar-refractivity contribution in [2.75, 3.05) is 20.3 Å². The smallest absolute Gasteiger partial charge is 0.250 e. The first-order valence-corrected chi connectivity index (χ1v) is 9.08. The normalized spacial score (nSPS) is 21.2.